The van der Waals surface area contributed by atoms with Crippen molar-refractivity contribution in [2.45, 2.75) is 28.2 Å². The van der Waals surface area contributed by atoms with Gasteiger partial charge in [-0.25, -0.2) is 0 Å². The van der Waals surface area contributed by atoms with Gasteiger partial charge in [0.05, 0.1) is 10.6 Å². The highest BCUT2D eigenvalue weighted by molar-refractivity contribution is 8.00. The number of halogens is 4. The highest BCUT2D eigenvalue weighted by Gasteiger charge is 2.66. The fraction of sp³-hybridized carbons (Fsp3) is 0.235. The number of rotatable bonds is 3. The number of carbonyl (C=O) groups is 1. The lowest BCUT2D eigenvalue weighted by atomic mass is 9.96. The third-order valence-corrected chi connectivity index (χ3v) is 6.21. The lowest BCUT2D eigenvalue weighted by molar-refractivity contribution is -0.140. The minimum atomic E-state index is -4.47. The van der Waals surface area contributed by atoms with E-state index >= 15 is 0 Å². The minimum Gasteiger partial charge on any atom is -0.481 e. The van der Waals surface area contributed by atoms with E-state index in [2.05, 4.69) is 0 Å². The van der Waals surface area contributed by atoms with Crippen molar-refractivity contribution in [1.82, 2.24) is 0 Å². The van der Waals surface area contributed by atoms with E-state index in [1.807, 2.05) is 0 Å². The van der Waals surface area contributed by atoms with Crippen LogP contribution in [0.25, 0.3) is 0 Å². The Morgan fingerprint density at radius 3 is 2.68 bits per heavy atom. The van der Waals surface area contributed by atoms with Gasteiger partial charge in [0.25, 0.3) is 0 Å². The summed E-state index contributed by atoms with van der Waals surface area (Å²) < 4.78 is 43.6. The summed E-state index contributed by atoms with van der Waals surface area (Å²) in [7, 11) is 0. The fourth-order valence-corrected chi connectivity index (χ4v) is 4.93. The molecule has 2 aromatic carbocycles. The first kappa shape index (κ1) is 16.6. The average molecular weight is 387 g/mol. The molecule has 8 heteroatoms. The van der Waals surface area contributed by atoms with Gasteiger partial charge in [-0.15, -0.1) is 11.8 Å². The molecule has 0 spiro atoms. The average Bonchev–Trinajstić information content (AvgIpc) is 3.16. The molecule has 0 saturated heterocycles. The number of aliphatic carboxylic acids is 1. The maximum atomic E-state index is 12.7. The molecule has 4 rings (SSSR count). The van der Waals surface area contributed by atoms with Crippen LogP contribution >= 0.6 is 23.4 Å². The second-order valence-electron chi connectivity index (χ2n) is 5.99. The number of carboxylic acids is 1. The summed E-state index contributed by atoms with van der Waals surface area (Å²) in [6, 6.07) is 7.90. The van der Waals surface area contributed by atoms with Crippen molar-refractivity contribution < 1.29 is 27.8 Å². The summed E-state index contributed by atoms with van der Waals surface area (Å²) in [5.74, 6) is -0.325. The van der Waals surface area contributed by atoms with Gasteiger partial charge in [0.15, 0.2) is 0 Å². The van der Waals surface area contributed by atoms with Gasteiger partial charge in [0.1, 0.15) is 16.9 Å². The van der Waals surface area contributed by atoms with Crippen molar-refractivity contribution in [3.63, 3.8) is 0 Å². The smallest absolute Gasteiger partial charge is 0.416 e. The van der Waals surface area contributed by atoms with Gasteiger partial charge in [0, 0.05) is 10.1 Å². The molecule has 130 valence electrons. The van der Waals surface area contributed by atoms with E-state index in [4.69, 9.17) is 16.3 Å². The molecule has 1 saturated carbocycles. The Morgan fingerprint density at radius 2 is 2.04 bits per heavy atom. The second-order valence-corrected chi connectivity index (χ2v) is 7.64. The quantitative estimate of drug-likeness (QED) is 0.772. The van der Waals surface area contributed by atoms with E-state index in [9.17, 15) is 23.1 Å². The van der Waals surface area contributed by atoms with Crippen LogP contribution in [0.2, 0.25) is 5.02 Å². The van der Waals surface area contributed by atoms with Gasteiger partial charge in [-0.3, -0.25) is 4.79 Å². The van der Waals surface area contributed by atoms with E-state index in [-0.39, 0.29) is 16.0 Å². The molecule has 1 aliphatic carbocycles. The van der Waals surface area contributed by atoms with Gasteiger partial charge < -0.3 is 9.84 Å². The van der Waals surface area contributed by atoms with Crippen molar-refractivity contribution in [1.29, 1.82) is 0 Å². The van der Waals surface area contributed by atoms with Crippen molar-refractivity contribution in [2.24, 2.45) is 0 Å². The molecule has 0 radical (unpaired) electrons. The third kappa shape index (κ3) is 2.57. The Hall–Kier alpha value is -1.86. The van der Waals surface area contributed by atoms with Crippen molar-refractivity contribution >= 4 is 29.3 Å². The van der Waals surface area contributed by atoms with Crippen LogP contribution in [0.5, 0.6) is 11.5 Å². The largest absolute Gasteiger partial charge is 0.481 e. The Morgan fingerprint density at radius 1 is 1.28 bits per heavy atom. The highest BCUT2D eigenvalue weighted by Crippen LogP contribution is 2.65. The molecule has 2 aromatic rings. The number of ether oxygens (including phenoxy) is 1. The summed E-state index contributed by atoms with van der Waals surface area (Å²) in [6.07, 6.45) is -3.86. The molecule has 0 aromatic heterocycles. The number of hydrogen-bond acceptors (Lipinski definition) is 3. The maximum absolute atomic E-state index is 12.7. The first-order valence-electron chi connectivity index (χ1n) is 7.31. The first-order chi connectivity index (χ1) is 11.7. The van der Waals surface area contributed by atoms with Crippen LogP contribution in [0.15, 0.2) is 41.3 Å². The molecule has 1 aliphatic heterocycles. The predicted octanol–water partition coefficient (Wildman–Crippen LogP) is 5.35. The van der Waals surface area contributed by atoms with Crippen LogP contribution in [-0.2, 0) is 16.4 Å². The molecule has 3 nitrogen and oxygen atoms in total. The molecule has 1 N–H and O–H groups in total. The zero-order valence-electron chi connectivity index (χ0n) is 12.4. The third-order valence-electron chi connectivity index (χ3n) is 4.47. The molecule has 25 heavy (non-hydrogen) atoms. The topological polar surface area (TPSA) is 46.5 Å². The van der Waals surface area contributed by atoms with Gasteiger partial charge in [-0.05, 0) is 42.3 Å². The monoisotopic (exact) mass is 386 g/mol. The standard InChI is InChI=1S/C17H10ClF3O3S/c18-11-5-8(17(19,20)21)1-4-12(11)24-9-2-3-10-13(6-9)25-14-7-16(10,14)15(22)23/h1-6,14H,7H2,(H,22,23)/t14?,16-/m1/s1. The summed E-state index contributed by atoms with van der Waals surface area (Å²) in [5, 5.41) is 9.33. The number of alkyl halides is 3. The Balaban J connectivity index is 1.60. The number of thioether (sulfide) groups is 1. The minimum absolute atomic E-state index is 0.0323. The van der Waals surface area contributed by atoms with Gasteiger partial charge in [0.2, 0.25) is 0 Å². The highest BCUT2D eigenvalue weighted by atomic mass is 35.5. The molecule has 2 aliphatic rings. The van der Waals surface area contributed by atoms with E-state index in [0.717, 1.165) is 22.6 Å². The fourth-order valence-electron chi connectivity index (χ4n) is 3.07. The summed E-state index contributed by atoms with van der Waals surface area (Å²) in [4.78, 5) is 12.3. The van der Waals surface area contributed by atoms with E-state index < -0.39 is 23.1 Å². The van der Waals surface area contributed by atoms with E-state index in [1.165, 1.54) is 17.8 Å². The molecule has 1 fully saturated rings. The van der Waals surface area contributed by atoms with Crippen molar-refractivity contribution in [3.05, 3.63) is 52.5 Å². The molecule has 2 atom stereocenters. The van der Waals surface area contributed by atoms with Crippen LogP contribution in [0.4, 0.5) is 13.2 Å². The molecular weight excluding hydrogens is 377 g/mol. The van der Waals surface area contributed by atoms with Crippen molar-refractivity contribution in [3.8, 4) is 11.5 Å². The van der Waals surface area contributed by atoms with Crippen LogP contribution in [-0.4, -0.2) is 16.3 Å². The molecule has 1 unspecified atom stereocenters. The molecule has 0 bridgehead atoms. The zero-order chi connectivity index (χ0) is 18.0. The number of hydrogen-bond donors (Lipinski definition) is 1. The van der Waals surface area contributed by atoms with Crippen molar-refractivity contribution in [2.75, 3.05) is 0 Å². The van der Waals surface area contributed by atoms with E-state index in [1.54, 1.807) is 18.2 Å². The van der Waals surface area contributed by atoms with E-state index in [0.29, 0.717) is 12.2 Å². The lowest BCUT2D eigenvalue weighted by Gasteiger charge is -2.13. The van der Waals surface area contributed by atoms with Crippen LogP contribution in [0, 0.1) is 0 Å². The Kier molecular flexibility index (Phi) is 3.53. The number of fused-ring (bicyclic) bond motifs is 3. The number of benzene rings is 2. The molecular formula is C17H10ClF3O3S. The zero-order valence-corrected chi connectivity index (χ0v) is 14.0. The summed E-state index contributed by atoms with van der Waals surface area (Å²) >= 11 is 7.37. The summed E-state index contributed by atoms with van der Waals surface area (Å²) in [5.41, 5.74) is -0.886. The second kappa shape index (κ2) is 5.32. The SMILES string of the molecule is O=C(O)[C@@]12CC1Sc1cc(Oc3ccc(C(F)(F)F)cc3Cl)ccc12. The Bertz CT molecular complexity index is 899. The first-order valence-corrected chi connectivity index (χ1v) is 8.57. The normalized spacial score (nSPS) is 23.8. The maximum Gasteiger partial charge on any atom is 0.416 e. The summed E-state index contributed by atoms with van der Waals surface area (Å²) in [6.45, 7) is 0. The molecule has 0 amide bonds. The van der Waals surface area contributed by atoms with Crippen LogP contribution < -0.4 is 4.74 Å². The van der Waals surface area contributed by atoms with Gasteiger partial charge in [-0.2, -0.15) is 13.2 Å². The van der Waals surface area contributed by atoms with Gasteiger partial charge >= 0.3 is 12.1 Å². The Labute approximate surface area is 149 Å². The van der Waals surface area contributed by atoms with Crippen LogP contribution in [0.1, 0.15) is 17.5 Å². The van der Waals surface area contributed by atoms with Crippen LogP contribution in [0.3, 0.4) is 0 Å². The lowest BCUT2D eigenvalue weighted by Crippen LogP contribution is -2.20. The number of carboxylic acid groups (broad SMARTS) is 1. The predicted molar refractivity (Wildman–Crippen MR) is 86.5 cm³/mol. The molecule has 1 heterocycles. The van der Waals surface area contributed by atoms with Gasteiger partial charge in [-0.1, -0.05) is 17.7 Å².